The lowest BCUT2D eigenvalue weighted by molar-refractivity contribution is -0.212. The van der Waals surface area contributed by atoms with Crippen LogP contribution in [0.1, 0.15) is 37.3 Å². The van der Waals surface area contributed by atoms with Gasteiger partial charge in [-0.2, -0.15) is 0 Å². The van der Waals surface area contributed by atoms with Gasteiger partial charge in [0.1, 0.15) is 5.60 Å². The molecule has 21 heavy (non-hydrogen) atoms. The zero-order valence-corrected chi connectivity index (χ0v) is 12.5. The Morgan fingerprint density at radius 1 is 0.905 bits per heavy atom. The van der Waals surface area contributed by atoms with Crippen molar-refractivity contribution in [2.75, 3.05) is 6.61 Å². The second-order valence-corrected chi connectivity index (χ2v) is 5.68. The fourth-order valence-electron chi connectivity index (χ4n) is 2.88. The van der Waals surface area contributed by atoms with Gasteiger partial charge in [-0.05, 0) is 37.3 Å². The molecule has 1 aliphatic rings. The topological polar surface area (TPSA) is 18.5 Å². The van der Waals surface area contributed by atoms with Gasteiger partial charge >= 0.3 is 0 Å². The summed E-state index contributed by atoms with van der Waals surface area (Å²) >= 11 is 0. The molecule has 0 radical (unpaired) electrons. The number of ether oxygens (including phenoxy) is 2. The van der Waals surface area contributed by atoms with Crippen LogP contribution in [0.2, 0.25) is 0 Å². The molecule has 0 bridgehead atoms. The first kappa shape index (κ1) is 14.3. The Morgan fingerprint density at radius 3 is 1.95 bits per heavy atom. The summed E-state index contributed by atoms with van der Waals surface area (Å²) in [7, 11) is 0. The van der Waals surface area contributed by atoms with Gasteiger partial charge in [-0.25, -0.2) is 0 Å². The van der Waals surface area contributed by atoms with E-state index in [0.29, 0.717) is 0 Å². The third-order valence-electron chi connectivity index (χ3n) is 4.15. The van der Waals surface area contributed by atoms with Crippen LogP contribution < -0.4 is 0 Å². The highest BCUT2D eigenvalue weighted by molar-refractivity contribution is 5.35. The van der Waals surface area contributed by atoms with Crippen molar-refractivity contribution in [2.45, 2.75) is 38.1 Å². The van der Waals surface area contributed by atoms with E-state index in [9.17, 15) is 0 Å². The zero-order valence-electron chi connectivity index (χ0n) is 12.5. The average molecular weight is 282 g/mol. The highest BCUT2D eigenvalue weighted by atomic mass is 16.7. The summed E-state index contributed by atoms with van der Waals surface area (Å²) in [6.45, 7) is 2.93. The van der Waals surface area contributed by atoms with Gasteiger partial charge in [-0.1, -0.05) is 60.7 Å². The molecule has 1 atom stereocenters. The second kappa shape index (κ2) is 6.42. The van der Waals surface area contributed by atoms with E-state index in [4.69, 9.17) is 9.47 Å². The van der Waals surface area contributed by atoms with Crippen molar-refractivity contribution in [2.24, 2.45) is 0 Å². The Bertz CT molecular complexity index is 505. The predicted octanol–water partition coefficient (Wildman–Crippen LogP) is 4.49. The van der Waals surface area contributed by atoms with Crippen molar-refractivity contribution in [1.29, 1.82) is 0 Å². The van der Waals surface area contributed by atoms with Crippen LogP contribution in [0, 0.1) is 0 Å². The first-order valence-corrected chi connectivity index (χ1v) is 7.69. The normalized spacial score (nSPS) is 19.4. The van der Waals surface area contributed by atoms with Gasteiger partial charge in [0.15, 0.2) is 6.29 Å². The first-order valence-electron chi connectivity index (χ1n) is 7.69. The maximum Gasteiger partial charge on any atom is 0.159 e. The Hall–Kier alpha value is -1.64. The van der Waals surface area contributed by atoms with Gasteiger partial charge in [0.2, 0.25) is 0 Å². The summed E-state index contributed by atoms with van der Waals surface area (Å²) in [5.74, 6) is 0. The predicted molar refractivity (Wildman–Crippen MR) is 84.0 cm³/mol. The van der Waals surface area contributed by atoms with E-state index >= 15 is 0 Å². The van der Waals surface area contributed by atoms with Gasteiger partial charge in [0.05, 0.1) is 0 Å². The van der Waals surface area contributed by atoms with Crippen LogP contribution in [0.4, 0.5) is 0 Å². The molecular weight excluding hydrogens is 260 g/mol. The van der Waals surface area contributed by atoms with Crippen molar-refractivity contribution in [1.82, 2.24) is 0 Å². The molecule has 2 nitrogen and oxygen atoms in total. The van der Waals surface area contributed by atoms with Crippen LogP contribution in [-0.4, -0.2) is 12.9 Å². The number of rotatable bonds is 4. The highest BCUT2D eigenvalue weighted by Gasteiger charge is 2.33. The van der Waals surface area contributed by atoms with Crippen molar-refractivity contribution in [3.05, 3.63) is 71.8 Å². The van der Waals surface area contributed by atoms with E-state index in [-0.39, 0.29) is 6.29 Å². The minimum absolute atomic E-state index is 0.121. The van der Waals surface area contributed by atoms with E-state index in [2.05, 4.69) is 55.5 Å². The minimum atomic E-state index is -0.482. The molecule has 2 aromatic rings. The average Bonchev–Trinajstić information content (AvgIpc) is 2.57. The molecule has 1 saturated heterocycles. The molecule has 0 aromatic heterocycles. The lowest BCUT2D eigenvalue weighted by Gasteiger charge is -2.36. The van der Waals surface area contributed by atoms with Gasteiger partial charge in [-0.15, -0.1) is 0 Å². The SMILES string of the molecule is CC(OC1CCCCO1)(c1ccccc1)c1ccccc1. The molecule has 2 aromatic carbocycles. The van der Waals surface area contributed by atoms with Crippen LogP contribution in [0.15, 0.2) is 60.7 Å². The van der Waals surface area contributed by atoms with Crippen LogP contribution >= 0.6 is 0 Å². The van der Waals surface area contributed by atoms with Crippen molar-refractivity contribution < 1.29 is 9.47 Å². The third kappa shape index (κ3) is 3.17. The minimum Gasteiger partial charge on any atom is -0.353 e. The molecule has 0 aliphatic carbocycles. The molecular formula is C19H22O2. The number of benzene rings is 2. The smallest absolute Gasteiger partial charge is 0.159 e. The third-order valence-corrected chi connectivity index (χ3v) is 4.15. The van der Waals surface area contributed by atoms with Gasteiger partial charge in [-0.3, -0.25) is 0 Å². The fourth-order valence-corrected chi connectivity index (χ4v) is 2.88. The monoisotopic (exact) mass is 282 g/mol. The fraction of sp³-hybridized carbons (Fsp3) is 0.368. The Morgan fingerprint density at radius 2 is 1.48 bits per heavy atom. The second-order valence-electron chi connectivity index (χ2n) is 5.68. The molecule has 3 rings (SSSR count). The number of hydrogen-bond acceptors (Lipinski definition) is 2. The molecule has 1 heterocycles. The molecule has 0 amide bonds. The van der Waals surface area contributed by atoms with Crippen molar-refractivity contribution in [3.8, 4) is 0 Å². The lowest BCUT2D eigenvalue weighted by atomic mass is 9.88. The summed E-state index contributed by atoms with van der Waals surface area (Å²) < 4.78 is 12.2. The zero-order chi connectivity index (χ0) is 14.5. The molecule has 110 valence electrons. The van der Waals surface area contributed by atoms with E-state index in [0.717, 1.165) is 30.6 Å². The summed E-state index contributed by atoms with van der Waals surface area (Å²) in [5.41, 5.74) is 1.83. The maximum atomic E-state index is 6.43. The molecule has 0 N–H and O–H groups in total. The van der Waals surface area contributed by atoms with E-state index in [1.165, 1.54) is 6.42 Å². The van der Waals surface area contributed by atoms with Crippen LogP contribution in [0.5, 0.6) is 0 Å². The summed E-state index contributed by atoms with van der Waals surface area (Å²) in [5, 5.41) is 0. The molecule has 2 heteroatoms. The lowest BCUT2D eigenvalue weighted by Crippen LogP contribution is -2.35. The Kier molecular flexibility index (Phi) is 4.37. The maximum absolute atomic E-state index is 6.43. The van der Waals surface area contributed by atoms with Gasteiger partial charge < -0.3 is 9.47 Å². The number of hydrogen-bond donors (Lipinski definition) is 0. The Labute approximate surface area is 126 Å². The highest BCUT2D eigenvalue weighted by Crippen LogP contribution is 2.36. The summed E-state index contributed by atoms with van der Waals surface area (Å²) in [6.07, 6.45) is 3.15. The molecule has 1 fully saturated rings. The molecule has 1 aliphatic heterocycles. The summed E-state index contributed by atoms with van der Waals surface area (Å²) in [6, 6.07) is 20.8. The molecule has 0 saturated carbocycles. The van der Waals surface area contributed by atoms with Gasteiger partial charge in [0.25, 0.3) is 0 Å². The molecule has 1 unspecified atom stereocenters. The van der Waals surface area contributed by atoms with Crippen LogP contribution in [0.3, 0.4) is 0 Å². The molecule has 0 spiro atoms. The van der Waals surface area contributed by atoms with Crippen LogP contribution in [0.25, 0.3) is 0 Å². The van der Waals surface area contributed by atoms with Crippen LogP contribution in [-0.2, 0) is 15.1 Å². The first-order chi connectivity index (χ1) is 10.3. The summed E-state index contributed by atoms with van der Waals surface area (Å²) in [4.78, 5) is 0. The quantitative estimate of drug-likeness (QED) is 0.822. The Balaban J connectivity index is 1.94. The van der Waals surface area contributed by atoms with Crippen molar-refractivity contribution in [3.63, 3.8) is 0 Å². The largest absolute Gasteiger partial charge is 0.353 e. The van der Waals surface area contributed by atoms with Gasteiger partial charge in [0, 0.05) is 6.61 Å². The standard InChI is InChI=1S/C19H22O2/c1-19(16-10-4-2-5-11-16,17-12-6-3-7-13-17)21-18-14-8-9-15-20-18/h2-7,10-13,18H,8-9,14-15H2,1H3. The van der Waals surface area contributed by atoms with Crippen molar-refractivity contribution >= 4 is 0 Å². The van der Waals surface area contributed by atoms with E-state index < -0.39 is 5.60 Å². The van der Waals surface area contributed by atoms with E-state index in [1.807, 2.05) is 12.1 Å². The van der Waals surface area contributed by atoms with E-state index in [1.54, 1.807) is 0 Å².